The van der Waals surface area contributed by atoms with Gasteiger partial charge < -0.3 is 20.1 Å². The molecule has 0 aliphatic rings. The van der Waals surface area contributed by atoms with Crippen molar-refractivity contribution in [1.82, 2.24) is 9.97 Å². The van der Waals surface area contributed by atoms with E-state index in [2.05, 4.69) is 20.6 Å². The zero-order chi connectivity index (χ0) is 24.6. The van der Waals surface area contributed by atoms with Crippen LogP contribution in [0.15, 0.2) is 85.2 Å². The van der Waals surface area contributed by atoms with E-state index in [1.165, 1.54) is 18.2 Å². The lowest BCUT2D eigenvalue weighted by Gasteiger charge is -2.12. The van der Waals surface area contributed by atoms with Gasteiger partial charge in [-0.15, -0.1) is 0 Å². The maximum Gasteiger partial charge on any atom is 0.189 e. The first-order valence-corrected chi connectivity index (χ1v) is 10.7. The molecule has 176 valence electrons. The maximum atomic E-state index is 13.2. The third-order valence-electron chi connectivity index (χ3n) is 5.08. The minimum Gasteiger partial charge on any atom is -0.493 e. The SMILES string of the molecule is COc1ccc(Nc2ncccc2/C=C/C(=O)c2cccnc2Nc2ccc(F)cc2)cc1OC. The van der Waals surface area contributed by atoms with E-state index in [4.69, 9.17) is 9.47 Å². The highest BCUT2D eigenvalue weighted by Gasteiger charge is 2.11. The van der Waals surface area contributed by atoms with Crippen LogP contribution in [0, 0.1) is 5.82 Å². The highest BCUT2D eigenvalue weighted by molar-refractivity contribution is 6.10. The van der Waals surface area contributed by atoms with E-state index in [-0.39, 0.29) is 11.6 Å². The number of rotatable bonds is 9. The third-order valence-corrected chi connectivity index (χ3v) is 5.08. The molecule has 2 heterocycles. The standard InChI is InChI=1S/C27H23FN4O3/c1-34-24-14-12-21(17-25(24)35-2)32-26-18(5-3-15-29-26)7-13-23(33)22-6-4-16-30-27(22)31-20-10-8-19(28)9-11-20/h3-17H,1-2H3,(H,29,32)(H,30,31)/b13-7+. The Kier molecular flexibility index (Phi) is 7.32. The van der Waals surface area contributed by atoms with Crippen LogP contribution in [-0.2, 0) is 0 Å². The predicted molar refractivity (Wildman–Crippen MR) is 134 cm³/mol. The number of allylic oxidation sites excluding steroid dienone is 1. The van der Waals surface area contributed by atoms with E-state index in [1.807, 2.05) is 12.1 Å². The van der Waals surface area contributed by atoms with Crippen molar-refractivity contribution < 1.29 is 18.7 Å². The van der Waals surface area contributed by atoms with Gasteiger partial charge in [-0.3, -0.25) is 4.79 Å². The molecular formula is C27H23FN4O3. The number of methoxy groups -OCH3 is 2. The Balaban J connectivity index is 1.55. The Morgan fingerprint density at radius 1 is 0.829 bits per heavy atom. The number of nitrogens with one attached hydrogen (secondary N) is 2. The molecule has 0 aliphatic carbocycles. The number of benzene rings is 2. The number of halogens is 1. The van der Waals surface area contributed by atoms with Crippen molar-refractivity contribution in [2.24, 2.45) is 0 Å². The predicted octanol–water partition coefficient (Wildman–Crippen LogP) is 6.02. The summed E-state index contributed by atoms with van der Waals surface area (Å²) >= 11 is 0. The molecule has 0 spiro atoms. The molecule has 0 bridgehead atoms. The maximum absolute atomic E-state index is 13.2. The average Bonchev–Trinajstić information content (AvgIpc) is 2.89. The highest BCUT2D eigenvalue weighted by Crippen LogP contribution is 2.31. The molecule has 8 heteroatoms. The number of ketones is 1. The van der Waals surface area contributed by atoms with Crippen LogP contribution >= 0.6 is 0 Å². The summed E-state index contributed by atoms with van der Waals surface area (Å²) in [6.45, 7) is 0. The fourth-order valence-electron chi connectivity index (χ4n) is 3.34. The van der Waals surface area contributed by atoms with E-state index in [0.717, 1.165) is 5.69 Å². The smallest absolute Gasteiger partial charge is 0.189 e. The van der Waals surface area contributed by atoms with E-state index < -0.39 is 0 Å². The summed E-state index contributed by atoms with van der Waals surface area (Å²) < 4.78 is 23.8. The fraction of sp³-hybridized carbons (Fsp3) is 0.0741. The minimum absolute atomic E-state index is 0.247. The number of hydrogen-bond donors (Lipinski definition) is 2. The van der Waals surface area contributed by atoms with Crippen LogP contribution in [0.3, 0.4) is 0 Å². The fourth-order valence-corrected chi connectivity index (χ4v) is 3.34. The van der Waals surface area contributed by atoms with Crippen LogP contribution in [0.1, 0.15) is 15.9 Å². The molecule has 0 atom stereocenters. The lowest BCUT2D eigenvalue weighted by Crippen LogP contribution is -2.03. The molecule has 2 aromatic heterocycles. The average molecular weight is 471 g/mol. The van der Waals surface area contributed by atoms with Gasteiger partial charge in [0.1, 0.15) is 17.5 Å². The summed E-state index contributed by atoms with van der Waals surface area (Å²) in [6, 6.07) is 18.3. The second-order valence-corrected chi connectivity index (χ2v) is 7.37. The molecular weight excluding hydrogens is 447 g/mol. The number of anilines is 4. The normalized spacial score (nSPS) is 10.7. The van der Waals surface area contributed by atoms with Gasteiger partial charge in [-0.05, 0) is 72.8 Å². The van der Waals surface area contributed by atoms with Crippen molar-refractivity contribution in [3.63, 3.8) is 0 Å². The summed E-state index contributed by atoms with van der Waals surface area (Å²) in [5.41, 5.74) is 2.47. The van der Waals surface area contributed by atoms with Crippen LogP contribution in [0.5, 0.6) is 11.5 Å². The molecule has 7 nitrogen and oxygen atoms in total. The molecule has 35 heavy (non-hydrogen) atoms. The van der Waals surface area contributed by atoms with Crippen LogP contribution in [-0.4, -0.2) is 30.0 Å². The molecule has 0 radical (unpaired) electrons. The summed E-state index contributed by atoms with van der Waals surface area (Å²) in [5, 5.41) is 6.31. The van der Waals surface area contributed by atoms with Gasteiger partial charge in [0.2, 0.25) is 0 Å². The summed E-state index contributed by atoms with van der Waals surface area (Å²) in [7, 11) is 3.15. The van der Waals surface area contributed by atoms with Crippen molar-refractivity contribution in [2.45, 2.75) is 0 Å². The van der Waals surface area contributed by atoms with Gasteiger partial charge in [0.15, 0.2) is 17.3 Å². The molecule has 4 aromatic rings. The first kappa shape index (κ1) is 23.4. The van der Waals surface area contributed by atoms with E-state index in [1.54, 1.807) is 75.2 Å². The summed E-state index contributed by atoms with van der Waals surface area (Å²) in [5.74, 6) is 1.56. The Morgan fingerprint density at radius 3 is 2.23 bits per heavy atom. The lowest BCUT2D eigenvalue weighted by atomic mass is 10.1. The van der Waals surface area contributed by atoms with Gasteiger partial charge in [0.05, 0.1) is 19.8 Å². The monoisotopic (exact) mass is 470 g/mol. The van der Waals surface area contributed by atoms with E-state index in [9.17, 15) is 9.18 Å². The van der Waals surface area contributed by atoms with Gasteiger partial charge >= 0.3 is 0 Å². The van der Waals surface area contributed by atoms with Crippen molar-refractivity contribution in [2.75, 3.05) is 24.9 Å². The third kappa shape index (κ3) is 5.80. The quantitative estimate of drug-likeness (QED) is 0.229. The molecule has 0 amide bonds. The summed E-state index contributed by atoms with van der Waals surface area (Å²) in [4.78, 5) is 21.7. The molecule has 0 aliphatic heterocycles. The molecule has 0 saturated heterocycles. The van der Waals surface area contributed by atoms with E-state index in [0.29, 0.717) is 39.9 Å². The van der Waals surface area contributed by atoms with Crippen LogP contribution in [0.2, 0.25) is 0 Å². The molecule has 4 rings (SSSR count). The number of carbonyl (C=O) groups excluding carboxylic acids is 1. The first-order chi connectivity index (χ1) is 17.1. The van der Waals surface area contributed by atoms with Crippen LogP contribution in [0.25, 0.3) is 6.08 Å². The number of pyridine rings is 2. The van der Waals surface area contributed by atoms with E-state index >= 15 is 0 Å². The van der Waals surface area contributed by atoms with Crippen molar-refractivity contribution >= 4 is 34.9 Å². The number of hydrogen-bond acceptors (Lipinski definition) is 7. The minimum atomic E-state index is -0.343. The van der Waals surface area contributed by atoms with Gasteiger partial charge in [0.25, 0.3) is 0 Å². The second kappa shape index (κ2) is 10.9. The largest absolute Gasteiger partial charge is 0.493 e. The molecule has 0 fully saturated rings. The first-order valence-electron chi connectivity index (χ1n) is 10.7. The van der Waals surface area contributed by atoms with Crippen molar-refractivity contribution in [3.05, 3.63) is 102 Å². The molecule has 0 unspecified atom stereocenters. The Morgan fingerprint density at radius 2 is 1.49 bits per heavy atom. The number of ether oxygens (including phenoxy) is 2. The second-order valence-electron chi connectivity index (χ2n) is 7.37. The number of nitrogens with zero attached hydrogens (tertiary/aromatic N) is 2. The lowest BCUT2D eigenvalue weighted by molar-refractivity contribution is 0.104. The van der Waals surface area contributed by atoms with Gasteiger partial charge in [0, 0.05) is 35.4 Å². The van der Waals surface area contributed by atoms with Crippen LogP contribution in [0.4, 0.5) is 27.4 Å². The Labute approximate surface area is 202 Å². The highest BCUT2D eigenvalue weighted by atomic mass is 19.1. The molecule has 2 aromatic carbocycles. The molecule has 0 saturated carbocycles. The number of aromatic nitrogens is 2. The molecule has 2 N–H and O–H groups in total. The van der Waals surface area contributed by atoms with Gasteiger partial charge in [-0.1, -0.05) is 0 Å². The zero-order valence-corrected chi connectivity index (χ0v) is 19.2. The van der Waals surface area contributed by atoms with Crippen molar-refractivity contribution in [1.29, 1.82) is 0 Å². The Hall–Kier alpha value is -4.72. The van der Waals surface area contributed by atoms with Crippen LogP contribution < -0.4 is 20.1 Å². The van der Waals surface area contributed by atoms with Gasteiger partial charge in [-0.2, -0.15) is 0 Å². The zero-order valence-electron chi connectivity index (χ0n) is 19.2. The van der Waals surface area contributed by atoms with Gasteiger partial charge in [-0.25, -0.2) is 14.4 Å². The summed E-state index contributed by atoms with van der Waals surface area (Å²) in [6.07, 6.45) is 6.39. The topological polar surface area (TPSA) is 85.4 Å². The Bertz CT molecular complexity index is 1360. The number of carbonyl (C=O) groups is 1. The van der Waals surface area contributed by atoms with Crippen molar-refractivity contribution in [3.8, 4) is 11.5 Å².